The highest BCUT2D eigenvalue weighted by molar-refractivity contribution is 7.26. The zero-order valence-electron chi connectivity index (χ0n) is 49.7. The van der Waals surface area contributed by atoms with E-state index in [-0.39, 0.29) is 5.28 Å². The molecule has 0 fully saturated rings. The second-order valence-electron chi connectivity index (χ2n) is 22.9. The van der Waals surface area contributed by atoms with Crippen molar-refractivity contribution >= 4 is 170 Å². The van der Waals surface area contributed by atoms with Crippen LogP contribution in [0.4, 0.5) is 0 Å². The topological polar surface area (TPSA) is 117 Å². The molecule has 0 aliphatic heterocycles. The molecule has 1 N–H and O–H groups in total. The van der Waals surface area contributed by atoms with Crippen LogP contribution in [0.25, 0.3) is 173 Å². The largest absolute Gasteiger partial charge is 0.569 e. The Morgan fingerprint density at radius 1 is 0.351 bits per heavy atom. The van der Waals surface area contributed by atoms with Crippen molar-refractivity contribution in [2.24, 2.45) is 0 Å². The Morgan fingerprint density at radius 2 is 0.766 bits per heavy atom. The lowest BCUT2D eigenvalue weighted by atomic mass is 10.1. The highest BCUT2D eigenvalue weighted by Gasteiger charge is 2.21. The number of furan rings is 2. The predicted octanol–water partition coefficient (Wildman–Crippen LogP) is 21.9. The molecule has 94 heavy (non-hydrogen) atoms. The number of rotatable bonds is 7. The average Bonchev–Trinajstić information content (AvgIpc) is 1.43. The monoisotopic (exact) mass is 1270 g/mol. The van der Waals surface area contributed by atoms with E-state index in [1.165, 1.54) is 42.0 Å². The number of thiophene rings is 2. The van der Waals surface area contributed by atoms with Crippen molar-refractivity contribution in [2.45, 2.75) is 0 Å². The van der Waals surface area contributed by atoms with Gasteiger partial charge in [-0.15, -0.1) is 22.7 Å². The van der Waals surface area contributed by atoms with Gasteiger partial charge >= 0.3 is 7.69 Å². The molecular formula is C80H47BClN6O4S2. The van der Waals surface area contributed by atoms with Gasteiger partial charge in [-0.2, -0.15) is 0 Å². The Labute approximate surface area is 549 Å². The highest BCUT2D eigenvalue weighted by Crippen LogP contribution is 2.44. The Morgan fingerprint density at radius 3 is 1.28 bits per heavy atom. The molecule has 20 rings (SSSR count). The number of aromatic nitrogens is 6. The van der Waals surface area contributed by atoms with Crippen LogP contribution in [0.2, 0.25) is 5.28 Å². The Kier molecular flexibility index (Phi) is 13.4. The molecule has 0 saturated heterocycles. The molecule has 0 saturated carbocycles. The zero-order chi connectivity index (χ0) is 62.4. The molecular weight excluding hydrogens is 1220 g/mol. The van der Waals surface area contributed by atoms with E-state index < -0.39 is 0 Å². The summed E-state index contributed by atoms with van der Waals surface area (Å²) in [6, 6.07) is 95.7. The average molecular weight is 1270 g/mol. The van der Waals surface area contributed by atoms with Crippen molar-refractivity contribution in [1.29, 1.82) is 0 Å². The molecule has 443 valence electrons. The van der Waals surface area contributed by atoms with E-state index in [9.17, 15) is 0 Å². The van der Waals surface area contributed by atoms with Gasteiger partial charge in [0.25, 0.3) is 0 Å². The van der Waals surface area contributed by atoms with Crippen molar-refractivity contribution in [3.63, 3.8) is 0 Å². The summed E-state index contributed by atoms with van der Waals surface area (Å²) in [5, 5.41) is 20.7. The van der Waals surface area contributed by atoms with Gasteiger partial charge in [-0.1, -0.05) is 176 Å². The van der Waals surface area contributed by atoms with E-state index in [0.717, 1.165) is 126 Å². The third kappa shape index (κ3) is 9.35. The van der Waals surface area contributed by atoms with Gasteiger partial charge < -0.3 is 27.6 Å². The van der Waals surface area contributed by atoms with Crippen LogP contribution < -0.4 is 4.65 Å². The molecule has 0 bridgehead atoms. The van der Waals surface area contributed by atoms with Crippen molar-refractivity contribution in [3.05, 3.63) is 284 Å². The summed E-state index contributed by atoms with van der Waals surface area (Å²) < 4.78 is 26.4. The van der Waals surface area contributed by atoms with Crippen molar-refractivity contribution in [2.75, 3.05) is 0 Å². The molecule has 0 atom stereocenters. The van der Waals surface area contributed by atoms with Gasteiger partial charge in [0.15, 0.2) is 5.82 Å². The minimum absolute atomic E-state index is 0.255. The molecule has 0 unspecified atom stereocenters. The lowest BCUT2D eigenvalue weighted by molar-refractivity contribution is 0.453. The first-order valence-corrected chi connectivity index (χ1v) is 32.6. The Bertz CT molecular complexity index is 6300. The second kappa shape index (κ2) is 22.7. The molecule has 1 radical (unpaired) electrons. The molecule has 8 heterocycles. The fourth-order valence-electron chi connectivity index (χ4n) is 13.4. The van der Waals surface area contributed by atoms with Crippen LogP contribution in [-0.2, 0) is 0 Å². The summed E-state index contributed by atoms with van der Waals surface area (Å²) in [6.07, 6.45) is 0. The molecule has 8 aromatic heterocycles. The minimum Gasteiger partial charge on any atom is -0.537 e. The molecule has 14 heteroatoms. The van der Waals surface area contributed by atoms with E-state index in [2.05, 4.69) is 213 Å². The van der Waals surface area contributed by atoms with Crippen molar-refractivity contribution in [1.82, 2.24) is 29.1 Å². The lowest BCUT2D eigenvalue weighted by Gasteiger charge is -2.11. The van der Waals surface area contributed by atoms with E-state index >= 15 is 0 Å². The molecule has 20 aromatic rings. The number of nitrogens with zero attached hydrogens (tertiary/aromatic N) is 6. The summed E-state index contributed by atoms with van der Waals surface area (Å²) >= 11 is 9.70. The number of hydrogen-bond donors (Lipinski definition) is 1. The first kappa shape index (κ1) is 55.4. The normalized spacial score (nSPS) is 11.7. The molecule has 0 aliphatic carbocycles. The van der Waals surface area contributed by atoms with Gasteiger partial charge in [-0.05, 0) is 109 Å². The third-order valence-corrected chi connectivity index (χ3v) is 20.0. The van der Waals surface area contributed by atoms with Crippen molar-refractivity contribution in [3.8, 4) is 51.0 Å². The quantitative estimate of drug-likeness (QED) is 0.124. The van der Waals surface area contributed by atoms with Gasteiger partial charge in [0.2, 0.25) is 5.28 Å². The van der Waals surface area contributed by atoms with Gasteiger partial charge in [0.1, 0.15) is 28.1 Å². The van der Waals surface area contributed by atoms with Gasteiger partial charge in [-0.25, -0.2) is 19.9 Å². The fraction of sp³-hybridized carbons (Fsp3) is 0. The summed E-state index contributed by atoms with van der Waals surface area (Å²) in [7, 11) is 0.699. The third-order valence-electron chi connectivity index (χ3n) is 17.5. The van der Waals surface area contributed by atoms with Crippen LogP contribution in [-0.4, -0.2) is 41.8 Å². The second-order valence-corrected chi connectivity index (χ2v) is 25.4. The SMILES string of the molecule is Clc1nc(-c2ccc3c(c2)oc2ccccc23)c2sc3ccccc3c2n1.O[B]Oc1cccc(-n2c3ccccc3c3ccccc32)c1.c1cc(-c2nc(-c3ccc4c(c3)oc3ccccc34)c3sc4ccccc4c3n2)cc(-n2c3ccccc3c3ccccc32)c1. The van der Waals surface area contributed by atoms with Crippen LogP contribution >= 0.6 is 34.3 Å². The van der Waals surface area contributed by atoms with E-state index in [4.69, 9.17) is 40.1 Å². The van der Waals surface area contributed by atoms with Crippen LogP contribution in [0.5, 0.6) is 5.75 Å². The Balaban J connectivity index is 0.000000113. The van der Waals surface area contributed by atoms with Crippen LogP contribution in [0.3, 0.4) is 0 Å². The summed E-state index contributed by atoms with van der Waals surface area (Å²) in [5.41, 5.74) is 16.8. The fourth-order valence-corrected chi connectivity index (χ4v) is 15.8. The highest BCUT2D eigenvalue weighted by atomic mass is 35.5. The maximum absolute atomic E-state index is 8.83. The van der Waals surface area contributed by atoms with Crippen molar-refractivity contribution < 1.29 is 18.5 Å². The standard InChI is InChI=1S/C40H23N3OS.C22H11ClN2OS.C18H13BNO2/c1-5-16-32-27(12-1)28-13-2-6-17-33(28)43(32)26-11-9-10-25(22-26)40-41-37(39-38(42-40)31-15-4-8-19-36(31)45-39)24-20-21-30-29-14-3-7-18-34(29)44-35(30)23-24;23-22-24-19(21-20(25-22)15-6-2-4-8-18(15)27-21)12-9-10-14-13-5-1-3-7-16(13)26-17(14)11-12;21-19-22-14-7-5-6-13(12-14)20-17-10-3-1-8-15(17)16-9-2-4-11-18(16)20/h1-23H;1-11H;1-12,21H. The summed E-state index contributed by atoms with van der Waals surface area (Å²) in [4.78, 5) is 19.6. The Hall–Kier alpha value is -11.4. The molecule has 0 spiro atoms. The summed E-state index contributed by atoms with van der Waals surface area (Å²) in [5.74, 6) is 1.30. The first-order chi connectivity index (χ1) is 46.5. The molecule has 12 aromatic carbocycles. The summed E-state index contributed by atoms with van der Waals surface area (Å²) in [6.45, 7) is 0. The molecule has 0 amide bonds. The zero-order valence-corrected chi connectivity index (χ0v) is 52.1. The van der Waals surface area contributed by atoms with E-state index in [1.54, 1.807) is 22.7 Å². The number of halogens is 1. The minimum atomic E-state index is 0.255. The van der Waals surface area contributed by atoms with Crippen LogP contribution in [0.1, 0.15) is 0 Å². The van der Waals surface area contributed by atoms with Crippen LogP contribution in [0.15, 0.2) is 288 Å². The number of benzene rings is 12. The maximum atomic E-state index is 8.83. The van der Waals surface area contributed by atoms with Crippen LogP contribution in [0, 0.1) is 0 Å². The first-order valence-electron chi connectivity index (χ1n) is 30.6. The van der Waals surface area contributed by atoms with Gasteiger partial charge in [-0.3, -0.25) is 0 Å². The number of fused-ring (bicyclic) bond motifs is 18. The number of hydrogen-bond acceptors (Lipinski definition) is 10. The predicted molar refractivity (Wildman–Crippen MR) is 389 cm³/mol. The van der Waals surface area contributed by atoms with E-state index in [0.29, 0.717) is 19.3 Å². The maximum Gasteiger partial charge on any atom is 0.569 e. The smallest absolute Gasteiger partial charge is 0.537 e. The molecule has 10 nitrogen and oxygen atoms in total. The number of para-hydroxylation sites is 6. The molecule has 0 aliphatic rings. The van der Waals surface area contributed by atoms with Gasteiger partial charge in [0, 0.05) is 97.4 Å². The van der Waals surface area contributed by atoms with E-state index in [1.807, 2.05) is 84.9 Å². The lowest BCUT2D eigenvalue weighted by Crippen LogP contribution is -2.01. The van der Waals surface area contributed by atoms with Gasteiger partial charge in [0.05, 0.1) is 53.9 Å².